The van der Waals surface area contributed by atoms with Gasteiger partial charge in [0, 0.05) is 5.69 Å². The first-order valence-corrected chi connectivity index (χ1v) is 6.54. The van der Waals surface area contributed by atoms with E-state index in [0.29, 0.717) is 11.6 Å². The van der Waals surface area contributed by atoms with Gasteiger partial charge < -0.3 is 5.32 Å². The fourth-order valence-corrected chi connectivity index (χ4v) is 2.33. The van der Waals surface area contributed by atoms with Gasteiger partial charge >= 0.3 is 0 Å². The Bertz CT molecular complexity index is 722. The number of hydrogen-bond acceptors (Lipinski definition) is 5. The maximum absolute atomic E-state index is 11.9. The molecular weight excluding hydrogens is 260 g/mol. The van der Waals surface area contributed by atoms with Crippen LogP contribution in [-0.4, -0.2) is 15.2 Å². The highest BCUT2D eigenvalue weighted by molar-refractivity contribution is 7.13. The van der Waals surface area contributed by atoms with E-state index in [2.05, 4.69) is 20.5 Å². The van der Waals surface area contributed by atoms with E-state index in [1.165, 1.54) is 11.3 Å². The summed E-state index contributed by atoms with van der Waals surface area (Å²) in [4.78, 5) is 15.4. The van der Waals surface area contributed by atoms with Crippen LogP contribution in [0.4, 0.5) is 11.6 Å². The van der Waals surface area contributed by atoms with Gasteiger partial charge in [-0.2, -0.15) is 0 Å². The van der Waals surface area contributed by atoms with Crippen LogP contribution in [0.25, 0.3) is 10.6 Å². The number of anilines is 2. The van der Waals surface area contributed by atoms with Gasteiger partial charge in [-0.15, -0.1) is 21.5 Å². The molecule has 0 fully saturated rings. The summed E-state index contributed by atoms with van der Waals surface area (Å²) in [5.74, 6) is 0.330. The highest BCUT2D eigenvalue weighted by Gasteiger charge is 2.08. The molecule has 2 heterocycles. The molecule has 2 N–H and O–H groups in total. The zero-order valence-corrected chi connectivity index (χ0v) is 10.6. The van der Waals surface area contributed by atoms with Crippen LogP contribution < -0.4 is 10.9 Å². The van der Waals surface area contributed by atoms with Crippen molar-refractivity contribution in [2.24, 2.45) is 0 Å². The molecule has 0 aliphatic rings. The molecule has 0 aliphatic carbocycles. The topological polar surface area (TPSA) is 70.7 Å². The summed E-state index contributed by atoms with van der Waals surface area (Å²) in [7, 11) is 0. The lowest BCUT2D eigenvalue weighted by Gasteiger charge is -2.04. The van der Waals surface area contributed by atoms with Gasteiger partial charge in [-0.25, -0.2) is 0 Å². The van der Waals surface area contributed by atoms with Crippen LogP contribution in [0.2, 0.25) is 0 Å². The molecule has 0 atom stereocenters. The van der Waals surface area contributed by atoms with E-state index in [1.807, 2.05) is 47.8 Å². The number of rotatable bonds is 3. The third-order valence-electron chi connectivity index (χ3n) is 2.49. The summed E-state index contributed by atoms with van der Waals surface area (Å²) in [6.45, 7) is 0. The monoisotopic (exact) mass is 270 g/mol. The molecule has 0 radical (unpaired) electrons. The summed E-state index contributed by atoms with van der Waals surface area (Å²) in [6.07, 6.45) is 0. The zero-order chi connectivity index (χ0) is 13.1. The standard InChI is InChI=1S/C13H10N4OS/c18-12-11(10-7-4-8-19-10)16-17-13(15-12)14-9-5-2-1-3-6-9/h1-8H,(H2,14,15,17,18). The Kier molecular flexibility index (Phi) is 3.07. The van der Waals surface area contributed by atoms with Gasteiger partial charge in [0.1, 0.15) is 0 Å². The Morgan fingerprint density at radius 2 is 1.89 bits per heavy atom. The van der Waals surface area contributed by atoms with Crippen LogP contribution in [-0.2, 0) is 0 Å². The molecule has 0 bridgehead atoms. The molecule has 0 amide bonds. The predicted molar refractivity (Wildman–Crippen MR) is 75.7 cm³/mol. The first-order valence-electron chi connectivity index (χ1n) is 5.66. The van der Waals surface area contributed by atoms with Crippen LogP contribution >= 0.6 is 11.3 Å². The molecule has 3 aromatic rings. The smallest absolute Gasteiger partial charge is 0.280 e. The average molecular weight is 270 g/mol. The number of thiophene rings is 1. The SMILES string of the molecule is O=c1[nH]c(Nc2ccccc2)nnc1-c1cccs1. The third-order valence-corrected chi connectivity index (χ3v) is 3.36. The van der Waals surface area contributed by atoms with Gasteiger partial charge in [-0.3, -0.25) is 9.78 Å². The van der Waals surface area contributed by atoms with Crippen molar-refractivity contribution >= 4 is 23.0 Å². The van der Waals surface area contributed by atoms with Gasteiger partial charge in [0.25, 0.3) is 5.56 Å². The molecule has 2 aromatic heterocycles. The Morgan fingerprint density at radius 3 is 2.58 bits per heavy atom. The minimum atomic E-state index is -0.254. The fourth-order valence-electron chi connectivity index (χ4n) is 1.63. The second-order valence-corrected chi connectivity index (χ2v) is 4.77. The molecular formula is C13H10N4OS. The highest BCUT2D eigenvalue weighted by atomic mass is 32.1. The van der Waals surface area contributed by atoms with E-state index >= 15 is 0 Å². The van der Waals surface area contributed by atoms with Crippen molar-refractivity contribution in [3.63, 3.8) is 0 Å². The molecule has 0 aliphatic heterocycles. The van der Waals surface area contributed by atoms with Crippen molar-refractivity contribution in [3.05, 3.63) is 58.2 Å². The lowest BCUT2D eigenvalue weighted by Crippen LogP contribution is -2.14. The lowest BCUT2D eigenvalue weighted by atomic mass is 10.3. The molecule has 94 valence electrons. The molecule has 6 heteroatoms. The Balaban J connectivity index is 1.90. The van der Waals surface area contributed by atoms with Gasteiger partial charge in [0.05, 0.1) is 4.88 Å². The van der Waals surface area contributed by atoms with Gasteiger partial charge in [0.2, 0.25) is 5.95 Å². The maximum atomic E-state index is 11.9. The van der Waals surface area contributed by atoms with E-state index in [0.717, 1.165) is 10.6 Å². The second-order valence-electron chi connectivity index (χ2n) is 3.82. The zero-order valence-electron chi connectivity index (χ0n) is 9.83. The van der Waals surface area contributed by atoms with Gasteiger partial charge in [0.15, 0.2) is 5.69 Å². The number of nitrogens with zero attached hydrogens (tertiary/aromatic N) is 2. The summed E-state index contributed by atoms with van der Waals surface area (Å²) in [5, 5.41) is 12.8. The Hall–Kier alpha value is -2.47. The summed E-state index contributed by atoms with van der Waals surface area (Å²) in [6, 6.07) is 13.2. The Labute approximate surface area is 113 Å². The van der Waals surface area contributed by atoms with Crippen molar-refractivity contribution in [3.8, 4) is 10.6 Å². The van der Waals surface area contributed by atoms with Crippen LogP contribution in [0, 0.1) is 0 Å². The normalized spacial score (nSPS) is 10.3. The molecule has 1 aromatic carbocycles. The number of aromatic nitrogens is 3. The van der Waals surface area contributed by atoms with E-state index in [9.17, 15) is 4.79 Å². The number of nitrogens with one attached hydrogen (secondary N) is 2. The van der Waals surface area contributed by atoms with Crippen molar-refractivity contribution in [2.75, 3.05) is 5.32 Å². The minimum Gasteiger partial charge on any atom is -0.324 e. The summed E-state index contributed by atoms with van der Waals surface area (Å²) >= 11 is 1.46. The number of aromatic amines is 1. The van der Waals surface area contributed by atoms with E-state index in [4.69, 9.17) is 0 Å². The first-order chi connectivity index (χ1) is 9.33. The van der Waals surface area contributed by atoms with Crippen LogP contribution in [0.15, 0.2) is 52.6 Å². The largest absolute Gasteiger partial charge is 0.324 e. The van der Waals surface area contributed by atoms with E-state index in [1.54, 1.807) is 0 Å². The predicted octanol–water partition coefficient (Wildman–Crippen LogP) is 2.64. The highest BCUT2D eigenvalue weighted by Crippen LogP contribution is 2.19. The molecule has 19 heavy (non-hydrogen) atoms. The summed E-state index contributed by atoms with van der Waals surface area (Å²) in [5.41, 5.74) is 0.931. The quantitative estimate of drug-likeness (QED) is 0.767. The number of benzene rings is 1. The van der Waals surface area contributed by atoms with Crippen LogP contribution in [0.1, 0.15) is 0 Å². The molecule has 0 saturated carbocycles. The van der Waals surface area contributed by atoms with Crippen molar-refractivity contribution in [2.45, 2.75) is 0 Å². The van der Waals surface area contributed by atoms with E-state index < -0.39 is 0 Å². The first kappa shape index (κ1) is 11.6. The second kappa shape index (κ2) is 5.03. The molecule has 0 spiro atoms. The fraction of sp³-hybridized carbons (Fsp3) is 0. The third kappa shape index (κ3) is 2.53. The van der Waals surface area contributed by atoms with Crippen molar-refractivity contribution in [1.82, 2.24) is 15.2 Å². The molecule has 3 rings (SSSR count). The van der Waals surface area contributed by atoms with E-state index in [-0.39, 0.29) is 5.56 Å². The number of para-hydroxylation sites is 1. The number of H-pyrrole nitrogens is 1. The van der Waals surface area contributed by atoms with Crippen LogP contribution in [0.5, 0.6) is 0 Å². The number of hydrogen-bond donors (Lipinski definition) is 2. The summed E-state index contributed by atoms with van der Waals surface area (Å²) < 4.78 is 0. The maximum Gasteiger partial charge on any atom is 0.280 e. The van der Waals surface area contributed by atoms with Gasteiger partial charge in [-0.1, -0.05) is 24.3 Å². The average Bonchev–Trinajstić information content (AvgIpc) is 2.94. The molecule has 0 unspecified atom stereocenters. The van der Waals surface area contributed by atoms with Gasteiger partial charge in [-0.05, 0) is 23.6 Å². The Morgan fingerprint density at radius 1 is 1.05 bits per heavy atom. The minimum absolute atomic E-state index is 0.254. The lowest BCUT2D eigenvalue weighted by molar-refractivity contribution is 0.964. The van der Waals surface area contributed by atoms with Crippen molar-refractivity contribution in [1.29, 1.82) is 0 Å². The molecule has 5 nitrogen and oxygen atoms in total. The van der Waals surface area contributed by atoms with Crippen molar-refractivity contribution < 1.29 is 0 Å². The molecule has 0 saturated heterocycles. The van der Waals surface area contributed by atoms with Crippen LogP contribution in [0.3, 0.4) is 0 Å².